The Morgan fingerprint density at radius 2 is 1.65 bits per heavy atom. The van der Waals surface area contributed by atoms with Crippen molar-refractivity contribution in [3.05, 3.63) is 58.1 Å². The zero-order valence-corrected chi connectivity index (χ0v) is 11.7. The Kier molecular flexibility index (Phi) is 3.16. The van der Waals surface area contributed by atoms with E-state index in [1.807, 2.05) is 6.07 Å². The average Bonchev–Trinajstić information content (AvgIpc) is 2.71. The maximum Gasteiger partial charge on any atom is 0.207 e. The number of halogens is 2. The van der Waals surface area contributed by atoms with E-state index < -0.39 is 0 Å². The van der Waals surface area contributed by atoms with Crippen LogP contribution in [0.4, 0.5) is 0 Å². The molecule has 0 fully saturated rings. The van der Waals surface area contributed by atoms with Crippen LogP contribution in [0.25, 0.3) is 16.6 Å². The molecule has 0 aliphatic heterocycles. The summed E-state index contributed by atoms with van der Waals surface area (Å²) in [7, 11) is 0. The molecule has 0 saturated heterocycles. The summed E-state index contributed by atoms with van der Waals surface area (Å²) >= 11 is 12.4. The lowest BCUT2D eigenvalue weighted by Crippen LogP contribution is -1.95. The predicted octanol–water partition coefficient (Wildman–Crippen LogP) is 4.46. The van der Waals surface area contributed by atoms with Crippen molar-refractivity contribution in [1.29, 1.82) is 0 Å². The molecular formula is C15H9Cl2NO2. The third-order valence-electron chi connectivity index (χ3n) is 3.17. The molecule has 1 N–H and O–H groups in total. The summed E-state index contributed by atoms with van der Waals surface area (Å²) in [6.45, 7) is 0. The largest absolute Gasteiger partial charge is 0.494 e. The molecule has 1 aromatic heterocycles. The van der Waals surface area contributed by atoms with Gasteiger partial charge in [-0.15, -0.1) is 0 Å². The van der Waals surface area contributed by atoms with Gasteiger partial charge in [0.15, 0.2) is 6.29 Å². The zero-order chi connectivity index (χ0) is 14.3. The number of carbonyl (C=O) groups is 1. The number of aromatic hydroxyl groups is 1. The molecule has 3 rings (SSSR count). The van der Waals surface area contributed by atoms with Crippen LogP contribution in [0.2, 0.25) is 10.0 Å². The monoisotopic (exact) mass is 305 g/mol. The van der Waals surface area contributed by atoms with E-state index in [-0.39, 0.29) is 11.4 Å². The van der Waals surface area contributed by atoms with Gasteiger partial charge >= 0.3 is 0 Å². The molecule has 0 aliphatic rings. The number of para-hydroxylation sites is 2. The normalized spacial score (nSPS) is 10.9. The van der Waals surface area contributed by atoms with Crippen LogP contribution < -0.4 is 0 Å². The third kappa shape index (κ3) is 1.79. The lowest BCUT2D eigenvalue weighted by Gasteiger charge is -2.11. The van der Waals surface area contributed by atoms with Crippen LogP contribution in [0.3, 0.4) is 0 Å². The van der Waals surface area contributed by atoms with Crippen LogP contribution in [0.5, 0.6) is 5.88 Å². The highest BCUT2D eigenvalue weighted by Crippen LogP contribution is 2.38. The molecule has 0 atom stereocenters. The molecular weight excluding hydrogens is 297 g/mol. The predicted molar refractivity (Wildman–Crippen MR) is 80.3 cm³/mol. The summed E-state index contributed by atoms with van der Waals surface area (Å²) < 4.78 is 1.49. The second-order valence-corrected chi connectivity index (χ2v) is 5.09. The Morgan fingerprint density at radius 3 is 2.30 bits per heavy atom. The number of carbonyl (C=O) groups excluding carboxylic acids is 1. The Bertz CT molecular complexity index is 804. The topological polar surface area (TPSA) is 42.2 Å². The molecule has 5 heteroatoms. The minimum atomic E-state index is -0.170. The lowest BCUT2D eigenvalue weighted by molar-refractivity contribution is 0.112. The van der Waals surface area contributed by atoms with Crippen LogP contribution in [0.1, 0.15) is 10.4 Å². The first kappa shape index (κ1) is 13.0. The number of rotatable bonds is 2. The highest BCUT2D eigenvalue weighted by molar-refractivity contribution is 6.38. The summed E-state index contributed by atoms with van der Waals surface area (Å²) in [5, 5.41) is 11.8. The average molecular weight is 306 g/mol. The Balaban J connectivity index is 2.49. The van der Waals surface area contributed by atoms with Crippen LogP contribution in [0, 0.1) is 0 Å². The number of benzene rings is 2. The van der Waals surface area contributed by atoms with Crippen molar-refractivity contribution < 1.29 is 9.90 Å². The van der Waals surface area contributed by atoms with Crippen LogP contribution in [-0.4, -0.2) is 16.0 Å². The smallest absolute Gasteiger partial charge is 0.207 e. The molecule has 2 aromatic carbocycles. The van der Waals surface area contributed by atoms with E-state index in [9.17, 15) is 9.90 Å². The van der Waals surface area contributed by atoms with Gasteiger partial charge in [-0.05, 0) is 18.2 Å². The number of hydrogen-bond acceptors (Lipinski definition) is 2. The van der Waals surface area contributed by atoms with E-state index in [1.165, 1.54) is 4.57 Å². The van der Waals surface area contributed by atoms with Gasteiger partial charge in [-0.3, -0.25) is 9.36 Å². The van der Waals surface area contributed by atoms with Gasteiger partial charge in [-0.25, -0.2) is 0 Å². The third-order valence-corrected chi connectivity index (χ3v) is 3.78. The van der Waals surface area contributed by atoms with Crippen molar-refractivity contribution >= 4 is 40.4 Å². The molecule has 0 bridgehead atoms. The van der Waals surface area contributed by atoms with Crippen molar-refractivity contribution in [2.24, 2.45) is 0 Å². The van der Waals surface area contributed by atoms with Gasteiger partial charge in [0.2, 0.25) is 5.88 Å². The summed E-state index contributed by atoms with van der Waals surface area (Å²) in [5.41, 5.74) is 1.34. The van der Waals surface area contributed by atoms with Crippen LogP contribution in [-0.2, 0) is 0 Å². The van der Waals surface area contributed by atoms with Crippen molar-refractivity contribution in [1.82, 2.24) is 4.57 Å². The highest BCUT2D eigenvalue weighted by Gasteiger charge is 2.20. The minimum Gasteiger partial charge on any atom is -0.494 e. The van der Waals surface area contributed by atoms with Crippen LogP contribution in [0.15, 0.2) is 42.5 Å². The Hall–Kier alpha value is -1.97. The van der Waals surface area contributed by atoms with Crippen molar-refractivity contribution in [2.45, 2.75) is 0 Å². The summed E-state index contributed by atoms with van der Waals surface area (Å²) in [6.07, 6.45) is 0.624. The van der Waals surface area contributed by atoms with Crippen molar-refractivity contribution in [3.8, 4) is 11.6 Å². The minimum absolute atomic E-state index is 0.170. The van der Waals surface area contributed by atoms with E-state index in [2.05, 4.69) is 0 Å². The second kappa shape index (κ2) is 4.85. The number of aromatic nitrogens is 1. The fraction of sp³-hybridized carbons (Fsp3) is 0. The lowest BCUT2D eigenvalue weighted by atomic mass is 10.2. The van der Waals surface area contributed by atoms with Gasteiger partial charge in [-0.2, -0.15) is 0 Å². The first-order chi connectivity index (χ1) is 9.65. The summed E-state index contributed by atoms with van der Waals surface area (Å²) in [4.78, 5) is 11.2. The van der Waals surface area contributed by atoms with Crippen molar-refractivity contribution in [3.63, 3.8) is 0 Å². The number of fused-ring (bicyclic) bond motifs is 1. The maximum atomic E-state index is 11.2. The van der Waals surface area contributed by atoms with Gasteiger partial charge < -0.3 is 5.11 Å². The molecule has 1 heterocycles. The Labute approximate surface area is 125 Å². The number of aldehydes is 1. The first-order valence-electron chi connectivity index (χ1n) is 5.87. The van der Waals surface area contributed by atoms with Crippen LogP contribution >= 0.6 is 23.2 Å². The summed E-state index contributed by atoms with van der Waals surface area (Å²) in [5.74, 6) is -0.170. The molecule has 0 aliphatic carbocycles. The van der Waals surface area contributed by atoms with E-state index in [0.29, 0.717) is 32.9 Å². The molecule has 0 amide bonds. The molecule has 3 aromatic rings. The zero-order valence-electron chi connectivity index (χ0n) is 10.2. The van der Waals surface area contributed by atoms with Crippen molar-refractivity contribution in [2.75, 3.05) is 0 Å². The molecule has 0 spiro atoms. The number of nitrogens with zero attached hydrogens (tertiary/aromatic N) is 1. The van der Waals surface area contributed by atoms with Gasteiger partial charge in [0.1, 0.15) is 0 Å². The van der Waals surface area contributed by atoms with E-state index in [0.717, 1.165) is 0 Å². The first-order valence-corrected chi connectivity index (χ1v) is 6.62. The molecule has 3 nitrogen and oxygen atoms in total. The fourth-order valence-electron chi connectivity index (χ4n) is 2.30. The number of hydrogen-bond donors (Lipinski definition) is 1. The summed E-state index contributed by atoms with van der Waals surface area (Å²) in [6, 6.07) is 12.2. The Morgan fingerprint density at radius 1 is 1.00 bits per heavy atom. The van der Waals surface area contributed by atoms with E-state index in [1.54, 1.807) is 36.4 Å². The highest BCUT2D eigenvalue weighted by atomic mass is 35.5. The fourth-order valence-corrected chi connectivity index (χ4v) is 2.86. The second-order valence-electron chi connectivity index (χ2n) is 4.28. The quantitative estimate of drug-likeness (QED) is 0.710. The van der Waals surface area contributed by atoms with E-state index in [4.69, 9.17) is 23.2 Å². The molecule has 0 radical (unpaired) electrons. The molecule has 0 unspecified atom stereocenters. The standard InChI is InChI=1S/C15H9Cl2NO2/c16-11-5-3-6-12(17)14(11)18-13-7-2-1-4-9(13)10(8-19)15(18)20/h1-8,20H. The van der Waals surface area contributed by atoms with Gasteiger partial charge in [0.05, 0.1) is 26.8 Å². The SMILES string of the molecule is O=Cc1c(O)n(-c2c(Cl)cccc2Cl)c2ccccc12. The molecule has 100 valence electrons. The van der Waals surface area contributed by atoms with E-state index >= 15 is 0 Å². The molecule has 0 saturated carbocycles. The van der Waals surface area contributed by atoms with Gasteiger partial charge in [0, 0.05) is 5.39 Å². The maximum absolute atomic E-state index is 11.2. The molecule has 20 heavy (non-hydrogen) atoms. The van der Waals surface area contributed by atoms with Gasteiger partial charge in [-0.1, -0.05) is 47.5 Å². The van der Waals surface area contributed by atoms with Gasteiger partial charge in [0.25, 0.3) is 0 Å².